The molecule has 3 aliphatic heterocycles. The van der Waals surface area contributed by atoms with Gasteiger partial charge >= 0.3 is 0 Å². The molecule has 1 amide bonds. The van der Waals surface area contributed by atoms with Crippen molar-refractivity contribution in [2.24, 2.45) is 28.9 Å². The monoisotopic (exact) mass is 961 g/mol. The maximum Gasteiger partial charge on any atom is 0.220 e. The first-order chi connectivity index (χ1) is 32.2. The lowest BCUT2D eigenvalue weighted by Crippen LogP contribution is -2.67. The molecule has 0 unspecified atom stereocenters. The molecular weight excluding hydrogens is 877 g/mol. The average Bonchev–Trinajstić information content (AvgIpc) is 3.30. The second-order valence-electron chi connectivity index (χ2n) is 20.7. The van der Waals surface area contributed by atoms with Gasteiger partial charge in [-0.2, -0.15) is 0 Å². The molecule has 3 saturated heterocycles. The van der Waals surface area contributed by atoms with Gasteiger partial charge in [-0.3, -0.25) is 4.79 Å². The fraction of sp³-hybridized carbons (Fsp3) is 0.938. The molecule has 0 aromatic heterocycles. The van der Waals surface area contributed by atoms with Crippen molar-refractivity contribution in [3.8, 4) is 0 Å². The Kier molecular flexibility index (Phi) is 21.5. The van der Waals surface area contributed by atoms with Gasteiger partial charge in [-0.1, -0.05) is 83.3 Å². The molecule has 4 saturated carbocycles. The maximum absolute atomic E-state index is 13.8. The SMILES string of the molecule is CCCCCCCCCCCCC/C=C/[C@@H](O)[C@H](CO[C@@H]1O[C@H](CO)[C@@H](O[C@@H]2O[C@H](CO)[C@H](O[C@H]3O[C@H](CO)[C@H](N)[C@H](O)[C@H]3O)[C@H](O)[C@H]2O)[C@H](O)[C@H]1O)NC(=O)CC12CC3CC(CC(C3)C1)C2. The number of ether oxygens (including phenoxy) is 6. The van der Waals surface area contributed by atoms with E-state index in [0.29, 0.717) is 24.2 Å². The smallest absolute Gasteiger partial charge is 0.220 e. The van der Waals surface area contributed by atoms with E-state index in [0.717, 1.165) is 44.9 Å². The zero-order chi connectivity index (χ0) is 48.3. The van der Waals surface area contributed by atoms with E-state index in [1.165, 1.54) is 70.6 Å². The molecule has 4 aliphatic carbocycles. The van der Waals surface area contributed by atoms with Gasteiger partial charge in [-0.05, 0) is 74.5 Å². The molecule has 4 bridgehead atoms. The third kappa shape index (κ3) is 14.4. The molecule has 19 nitrogen and oxygen atoms in total. The lowest BCUT2D eigenvalue weighted by Gasteiger charge is -2.56. The van der Waals surface area contributed by atoms with Crippen molar-refractivity contribution >= 4 is 5.91 Å². The van der Waals surface area contributed by atoms with Gasteiger partial charge in [0.05, 0.1) is 44.6 Å². The summed E-state index contributed by atoms with van der Waals surface area (Å²) in [5.74, 6) is 1.76. The first-order valence-electron chi connectivity index (χ1n) is 25.4. The van der Waals surface area contributed by atoms with Crippen LogP contribution in [0.2, 0.25) is 0 Å². The Morgan fingerprint density at radius 2 is 1.10 bits per heavy atom. The molecule has 388 valence electrons. The fourth-order valence-corrected chi connectivity index (χ4v) is 12.1. The predicted octanol–water partition coefficient (Wildman–Crippen LogP) is 0.127. The van der Waals surface area contributed by atoms with Gasteiger partial charge in [0.1, 0.15) is 67.1 Å². The molecule has 0 aromatic rings. The largest absolute Gasteiger partial charge is 0.394 e. The van der Waals surface area contributed by atoms with E-state index < -0.39 is 124 Å². The fourth-order valence-electron chi connectivity index (χ4n) is 12.1. The zero-order valence-corrected chi connectivity index (χ0v) is 39.4. The summed E-state index contributed by atoms with van der Waals surface area (Å²) < 4.78 is 34.5. The van der Waals surface area contributed by atoms with E-state index in [4.69, 9.17) is 34.2 Å². The number of hydrogen-bond acceptors (Lipinski definition) is 18. The van der Waals surface area contributed by atoms with Gasteiger partial charge in [-0.15, -0.1) is 0 Å². The summed E-state index contributed by atoms with van der Waals surface area (Å²) >= 11 is 0. The van der Waals surface area contributed by atoms with Gasteiger partial charge in [0.25, 0.3) is 0 Å². The maximum atomic E-state index is 13.8. The van der Waals surface area contributed by atoms with E-state index in [1.807, 2.05) is 6.08 Å². The van der Waals surface area contributed by atoms with Crippen LogP contribution in [0.4, 0.5) is 0 Å². The summed E-state index contributed by atoms with van der Waals surface area (Å²) in [5.41, 5.74) is 5.76. The van der Waals surface area contributed by atoms with Crippen molar-refractivity contribution in [2.45, 2.75) is 233 Å². The minimum Gasteiger partial charge on any atom is -0.394 e. The standard InChI is InChI=1S/C48H84N2O17/c1-2-3-4-5-6-7-8-9-10-11-12-13-14-15-31(54)30(50-35(55)22-48-19-27-16-28(20-48)18-29(17-27)21-48)26-62-45-41(60)38(57)43(33(24-52)64-45)67-47-42(61)39(58)44(34(25-53)65-47)66-46-40(59)37(56)36(49)32(23-51)63-46/h14-15,27-34,36-47,51-54,56-61H,2-13,16-26,49H2,1H3,(H,50,55)/b15-14+/t27?,28?,29?,30-,31+,32+,33+,34+,36-,37-,38+,39+,40+,41+,42+,43+,44-,45+,46+,47-,48?/m0/s1. The van der Waals surface area contributed by atoms with Gasteiger partial charge < -0.3 is 90.5 Å². The molecular formula is C48H84N2O17. The molecule has 13 N–H and O–H groups in total. The molecule has 7 aliphatic rings. The Labute approximate surface area is 395 Å². The van der Waals surface area contributed by atoms with Crippen LogP contribution < -0.4 is 11.1 Å². The molecule has 0 aromatic carbocycles. The first-order valence-corrected chi connectivity index (χ1v) is 25.4. The molecule has 0 spiro atoms. The van der Waals surface area contributed by atoms with Crippen LogP contribution >= 0.6 is 0 Å². The lowest BCUT2D eigenvalue weighted by atomic mass is 9.49. The Balaban J connectivity index is 1.03. The Morgan fingerprint density at radius 1 is 0.657 bits per heavy atom. The summed E-state index contributed by atoms with van der Waals surface area (Å²) in [4.78, 5) is 13.8. The minimum atomic E-state index is -1.95. The highest BCUT2D eigenvalue weighted by atomic mass is 16.8. The van der Waals surface area contributed by atoms with Gasteiger partial charge in [0.2, 0.25) is 5.91 Å². The number of rotatable bonds is 27. The number of nitrogens with two attached hydrogens (primary N) is 1. The van der Waals surface area contributed by atoms with E-state index >= 15 is 0 Å². The van der Waals surface area contributed by atoms with Crippen molar-refractivity contribution in [1.82, 2.24) is 5.32 Å². The third-order valence-electron chi connectivity index (χ3n) is 15.4. The predicted molar refractivity (Wildman–Crippen MR) is 240 cm³/mol. The number of allylic oxidation sites excluding steroid dienone is 1. The second kappa shape index (κ2) is 26.3. The van der Waals surface area contributed by atoms with Crippen LogP contribution in [-0.2, 0) is 33.2 Å². The summed E-state index contributed by atoms with van der Waals surface area (Å²) in [6.07, 6.45) is 0.736. The normalized spacial score (nSPS) is 41.7. The molecule has 3 heterocycles. The van der Waals surface area contributed by atoms with Crippen molar-refractivity contribution < 1.29 is 84.3 Å². The van der Waals surface area contributed by atoms with Gasteiger partial charge in [0.15, 0.2) is 18.9 Å². The summed E-state index contributed by atoms with van der Waals surface area (Å²) in [6.45, 7) is -0.339. The van der Waals surface area contributed by atoms with Crippen molar-refractivity contribution in [2.75, 3.05) is 26.4 Å². The molecule has 0 radical (unpaired) electrons. The Bertz CT molecular complexity index is 1460. The summed E-state index contributed by atoms with van der Waals surface area (Å²) in [6, 6.07) is -2.11. The highest BCUT2D eigenvalue weighted by Crippen LogP contribution is 2.61. The number of hydrogen-bond donors (Lipinski definition) is 12. The average molecular weight is 961 g/mol. The minimum absolute atomic E-state index is 0.0541. The van der Waals surface area contributed by atoms with E-state index in [2.05, 4.69) is 12.2 Å². The van der Waals surface area contributed by atoms with Crippen molar-refractivity contribution in [3.63, 3.8) is 0 Å². The van der Waals surface area contributed by atoms with E-state index in [1.54, 1.807) is 6.08 Å². The van der Waals surface area contributed by atoms with Crippen LogP contribution in [0, 0.1) is 23.2 Å². The molecule has 7 fully saturated rings. The van der Waals surface area contributed by atoms with Crippen molar-refractivity contribution in [1.29, 1.82) is 0 Å². The third-order valence-corrected chi connectivity index (χ3v) is 15.4. The van der Waals surface area contributed by atoms with E-state index in [9.17, 15) is 55.9 Å². The topological polar surface area (TPSA) is 313 Å². The highest BCUT2D eigenvalue weighted by molar-refractivity contribution is 5.77. The molecule has 67 heavy (non-hydrogen) atoms. The Morgan fingerprint density at radius 3 is 1.61 bits per heavy atom. The summed E-state index contributed by atoms with van der Waals surface area (Å²) in [7, 11) is 0. The second-order valence-corrected chi connectivity index (χ2v) is 20.7. The molecule has 19 heteroatoms. The number of nitrogens with one attached hydrogen (secondary N) is 1. The molecule has 7 rings (SSSR count). The lowest BCUT2D eigenvalue weighted by molar-refractivity contribution is -0.376. The van der Waals surface area contributed by atoms with Gasteiger partial charge in [0, 0.05) is 6.42 Å². The van der Waals surface area contributed by atoms with Crippen LogP contribution in [0.15, 0.2) is 12.2 Å². The highest BCUT2D eigenvalue weighted by Gasteiger charge is 2.54. The number of unbranched alkanes of at least 4 members (excludes halogenated alkanes) is 11. The van der Waals surface area contributed by atoms with Crippen LogP contribution in [0.3, 0.4) is 0 Å². The number of aliphatic hydroxyl groups is 10. The first kappa shape index (κ1) is 54.9. The molecule has 17 atom stereocenters. The van der Waals surface area contributed by atoms with Crippen LogP contribution in [0.1, 0.15) is 129 Å². The summed E-state index contributed by atoms with van der Waals surface area (Å²) in [5, 5.41) is 110. The van der Waals surface area contributed by atoms with Crippen LogP contribution in [0.5, 0.6) is 0 Å². The van der Waals surface area contributed by atoms with Crippen molar-refractivity contribution in [3.05, 3.63) is 12.2 Å². The number of carbonyl (C=O) groups is 1. The Hall–Kier alpha value is -1.47. The van der Waals surface area contributed by atoms with E-state index in [-0.39, 0.29) is 17.9 Å². The number of amides is 1. The quantitative estimate of drug-likeness (QED) is 0.0385. The van der Waals surface area contributed by atoms with Crippen LogP contribution in [-0.4, -0.2) is 188 Å². The zero-order valence-electron chi connectivity index (χ0n) is 39.4. The van der Waals surface area contributed by atoms with Crippen LogP contribution in [0.25, 0.3) is 0 Å². The number of carbonyl (C=O) groups excluding carboxylic acids is 1. The van der Waals surface area contributed by atoms with Gasteiger partial charge in [-0.25, -0.2) is 0 Å². The number of aliphatic hydroxyl groups excluding tert-OH is 10.